The maximum Gasteiger partial charge on any atom is 0.255 e. The summed E-state index contributed by atoms with van der Waals surface area (Å²) in [4.78, 5) is 14.9. The van der Waals surface area contributed by atoms with E-state index in [0.29, 0.717) is 17.2 Å². The van der Waals surface area contributed by atoms with Gasteiger partial charge in [-0.2, -0.15) is 4.52 Å². The van der Waals surface area contributed by atoms with Crippen molar-refractivity contribution in [3.63, 3.8) is 0 Å². The molecule has 5 rings (SSSR count). The van der Waals surface area contributed by atoms with Crippen LogP contribution in [0.5, 0.6) is 5.75 Å². The third kappa shape index (κ3) is 3.50. The van der Waals surface area contributed by atoms with E-state index < -0.39 is 0 Å². The Morgan fingerprint density at radius 3 is 2.62 bits per heavy atom. The van der Waals surface area contributed by atoms with Crippen LogP contribution in [0.4, 0.5) is 5.82 Å². The zero-order valence-electron chi connectivity index (χ0n) is 16.4. The van der Waals surface area contributed by atoms with Gasteiger partial charge in [-0.25, -0.2) is 0 Å². The summed E-state index contributed by atoms with van der Waals surface area (Å²) in [5.41, 5.74) is 1.37. The van der Waals surface area contributed by atoms with E-state index in [-0.39, 0.29) is 11.9 Å². The van der Waals surface area contributed by atoms with Crippen molar-refractivity contribution >= 4 is 17.4 Å². The number of nitrogens with one attached hydrogen (secondary N) is 1. The quantitative estimate of drug-likeness (QED) is 0.718. The predicted molar refractivity (Wildman–Crippen MR) is 108 cm³/mol. The van der Waals surface area contributed by atoms with Gasteiger partial charge in [0, 0.05) is 25.0 Å². The fourth-order valence-corrected chi connectivity index (χ4v) is 3.91. The van der Waals surface area contributed by atoms with Gasteiger partial charge < -0.3 is 15.0 Å². The molecule has 0 radical (unpaired) electrons. The molecule has 0 unspecified atom stereocenters. The number of ether oxygens (including phenoxy) is 1. The summed E-state index contributed by atoms with van der Waals surface area (Å²) in [5, 5.41) is 16.5. The highest BCUT2D eigenvalue weighted by molar-refractivity contribution is 5.97. The molecule has 1 aliphatic carbocycles. The van der Waals surface area contributed by atoms with E-state index in [2.05, 4.69) is 20.4 Å². The Labute approximate surface area is 168 Å². The van der Waals surface area contributed by atoms with E-state index in [4.69, 9.17) is 9.84 Å². The predicted octanol–water partition coefficient (Wildman–Crippen LogP) is 2.41. The molecule has 29 heavy (non-hydrogen) atoms. The fourth-order valence-electron chi connectivity index (χ4n) is 3.91. The number of carbonyl (C=O) groups excluding carboxylic acids is 1. The minimum absolute atomic E-state index is 0.0843. The zero-order chi connectivity index (χ0) is 19.8. The first-order valence-electron chi connectivity index (χ1n) is 10.1. The molecule has 0 spiro atoms. The van der Waals surface area contributed by atoms with Gasteiger partial charge in [0.15, 0.2) is 11.5 Å². The SMILES string of the molecule is COc1ccccc1C(=O)NC1CCN(c2ccc3nnc(C4CC4)n3n2)CC1. The summed E-state index contributed by atoms with van der Waals surface area (Å²) < 4.78 is 7.19. The normalized spacial score (nSPS) is 17.5. The zero-order valence-corrected chi connectivity index (χ0v) is 16.4. The lowest BCUT2D eigenvalue weighted by atomic mass is 10.0. The van der Waals surface area contributed by atoms with Crippen LogP contribution in [-0.4, -0.2) is 52.0 Å². The van der Waals surface area contributed by atoms with Crippen molar-refractivity contribution < 1.29 is 9.53 Å². The highest BCUT2D eigenvalue weighted by atomic mass is 16.5. The number of benzene rings is 1. The van der Waals surface area contributed by atoms with E-state index in [0.717, 1.165) is 43.2 Å². The number of carbonyl (C=O) groups is 1. The maximum atomic E-state index is 12.6. The maximum absolute atomic E-state index is 12.6. The molecular weight excluding hydrogens is 368 g/mol. The van der Waals surface area contributed by atoms with Crippen molar-refractivity contribution in [2.45, 2.75) is 37.6 Å². The van der Waals surface area contributed by atoms with Crippen LogP contribution in [0, 0.1) is 0 Å². The van der Waals surface area contributed by atoms with Gasteiger partial charge in [-0.1, -0.05) is 12.1 Å². The van der Waals surface area contributed by atoms with Gasteiger partial charge in [0.1, 0.15) is 11.6 Å². The number of hydrogen-bond acceptors (Lipinski definition) is 6. The number of piperidine rings is 1. The van der Waals surface area contributed by atoms with Crippen molar-refractivity contribution in [3.8, 4) is 5.75 Å². The van der Waals surface area contributed by atoms with Crippen LogP contribution in [0.2, 0.25) is 0 Å². The lowest BCUT2D eigenvalue weighted by Gasteiger charge is -2.33. The number of fused-ring (bicyclic) bond motifs is 1. The first-order valence-corrected chi connectivity index (χ1v) is 10.1. The van der Waals surface area contributed by atoms with Crippen LogP contribution in [-0.2, 0) is 0 Å². The average Bonchev–Trinajstić information content (AvgIpc) is 3.52. The van der Waals surface area contributed by atoms with Crippen LogP contribution in [0.15, 0.2) is 36.4 Å². The molecule has 3 aromatic rings. The van der Waals surface area contributed by atoms with Gasteiger partial charge in [-0.05, 0) is 49.9 Å². The molecule has 1 amide bonds. The Hall–Kier alpha value is -3.16. The Balaban J connectivity index is 1.24. The van der Waals surface area contributed by atoms with Crippen molar-refractivity contribution in [1.29, 1.82) is 0 Å². The number of nitrogens with zero attached hydrogens (tertiary/aromatic N) is 5. The molecule has 2 fully saturated rings. The van der Waals surface area contributed by atoms with Crippen molar-refractivity contribution in [2.75, 3.05) is 25.1 Å². The average molecular weight is 392 g/mol. The Bertz CT molecular complexity index is 1040. The van der Waals surface area contributed by atoms with Crippen LogP contribution in [0.3, 0.4) is 0 Å². The fraction of sp³-hybridized carbons (Fsp3) is 0.429. The Morgan fingerprint density at radius 1 is 1.07 bits per heavy atom. The number of anilines is 1. The minimum atomic E-state index is -0.0843. The van der Waals surface area contributed by atoms with E-state index >= 15 is 0 Å². The molecular formula is C21H24N6O2. The van der Waals surface area contributed by atoms with E-state index in [1.54, 1.807) is 19.2 Å². The second-order valence-electron chi connectivity index (χ2n) is 7.73. The molecule has 2 aromatic heterocycles. The molecule has 150 valence electrons. The molecule has 1 saturated heterocycles. The number of amides is 1. The van der Waals surface area contributed by atoms with Crippen molar-refractivity contribution in [1.82, 2.24) is 25.1 Å². The molecule has 8 heteroatoms. The first-order chi connectivity index (χ1) is 14.2. The molecule has 1 N–H and O–H groups in total. The molecule has 2 aliphatic rings. The molecule has 8 nitrogen and oxygen atoms in total. The van der Waals surface area contributed by atoms with Gasteiger partial charge in [-0.3, -0.25) is 4.79 Å². The number of aromatic nitrogens is 4. The lowest BCUT2D eigenvalue weighted by molar-refractivity contribution is 0.0928. The third-order valence-electron chi connectivity index (χ3n) is 5.72. The van der Waals surface area contributed by atoms with Crippen LogP contribution < -0.4 is 15.0 Å². The largest absolute Gasteiger partial charge is 0.496 e. The third-order valence-corrected chi connectivity index (χ3v) is 5.72. The van der Waals surface area contributed by atoms with Gasteiger partial charge in [0.05, 0.1) is 12.7 Å². The molecule has 0 atom stereocenters. The van der Waals surface area contributed by atoms with Gasteiger partial charge >= 0.3 is 0 Å². The van der Waals surface area contributed by atoms with Gasteiger partial charge in [0.25, 0.3) is 5.91 Å². The van der Waals surface area contributed by atoms with Crippen LogP contribution in [0.1, 0.15) is 47.8 Å². The number of hydrogen-bond donors (Lipinski definition) is 1. The van der Waals surface area contributed by atoms with Gasteiger partial charge in [-0.15, -0.1) is 15.3 Å². The summed E-state index contributed by atoms with van der Waals surface area (Å²) in [5.74, 6) is 2.93. The van der Waals surface area contributed by atoms with Crippen molar-refractivity contribution in [3.05, 3.63) is 47.8 Å². The Morgan fingerprint density at radius 2 is 1.86 bits per heavy atom. The minimum Gasteiger partial charge on any atom is -0.496 e. The monoisotopic (exact) mass is 392 g/mol. The van der Waals surface area contributed by atoms with Crippen LogP contribution >= 0.6 is 0 Å². The lowest BCUT2D eigenvalue weighted by Crippen LogP contribution is -2.45. The van der Waals surface area contributed by atoms with Crippen molar-refractivity contribution in [2.24, 2.45) is 0 Å². The summed E-state index contributed by atoms with van der Waals surface area (Å²) in [7, 11) is 1.58. The van der Waals surface area contributed by atoms with Gasteiger partial charge in [0.2, 0.25) is 0 Å². The first kappa shape index (κ1) is 17.9. The summed E-state index contributed by atoms with van der Waals surface area (Å²) in [6.45, 7) is 1.69. The number of para-hydroxylation sites is 1. The standard InChI is InChI=1S/C21H24N6O2/c1-29-17-5-3-2-4-16(17)21(28)22-15-10-12-26(13-11-15)19-9-8-18-23-24-20(14-6-7-14)27(18)25-19/h2-5,8-9,14-15H,6-7,10-13H2,1H3,(H,22,28). The second-order valence-corrected chi connectivity index (χ2v) is 7.73. The second kappa shape index (κ2) is 7.35. The van der Waals surface area contributed by atoms with Crippen LogP contribution in [0.25, 0.3) is 5.65 Å². The highest BCUT2D eigenvalue weighted by Crippen LogP contribution is 2.38. The molecule has 1 aromatic carbocycles. The van der Waals surface area contributed by atoms with E-state index in [9.17, 15) is 4.79 Å². The summed E-state index contributed by atoms with van der Waals surface area (Å²) >= 11 is 0. The van der Waals surface area contributed by atoms with E-state index in [1.807, 2.05) is 28.8 Å². The Kier molecular flexibility index (Phi) is 4.54. The smallest absolute Gasteiger partial charge is 0.255 e. The number of rotatable bonds is 5. The molecule has 3 heterocycles. The molecule has 0 bridgehead atoms. The van der Waals surface area contributed by atoms with E-state index in [1.165, 1.54) is 12.8 Å². The summed E-state index contributed by atoms with van der Waals surface area (Å²) in [6, 6.07) is 11.4. The molecule has 1 aliphatic heterocycles. The number of methoxy groups -OCH3 is 1. The summed E-state index contributed by atoms with van der Waals surface area (Å²) in [6.07, 6.45) is 4.09. The topological polar surface area (TPSA) is 84.6 Å². The highest BCUT2D eigenvalue weighted by Gasteiger charge is 2.30. The molecule has 1 saturated carbocycles.